The highest BCUT2D eigenvalue weighted by atomic mass is 79.9. The molecular weight excluding hydrogens is 312 g/mol. The maximum Gasteiger partial charge on any atom is 0.328 e. The molecule has 0 radical (unpaired) electrons. The van der Waals surface area contributed by atoms with Gasteiger partial charge in [-0.1, -0.05) is 6.92 Å². The van der Waals surface area contributed by atoms with E-state index in [1.165, 1.54) is 6.20 Å². The van der Waals surface area contributed by atoms with Crippen LogP contribution in [-0.4, -0.2) is 29.5 Å². The molecule has 6 nitrogen and oxygen atoms in total. The Morgan fingerprint density at radius 1 is 1.41 bits per heavy atom. The lowest BCUT2D eigenvalue weighted by atomic mass is 10.4. The highest BCUT2D eigenvalue weighted by molar-refractivity contribution is 9.10. The highest BCUT2D eigenvalue weighted by Gasteiger charge is 2.09. The predicted octanol–water partition coefficient (Wildman–Crippen LogP) is 0.124. The standard InChI is InChI=1S/C9H13BrN2O4S/c1-2-17(15,16)5-3-4-12-8(13)7(10)6-11-9(12)14/h6H,2-5H2,1H3,(H,11,14). The minimum absolute atomic E-state index is 0.0259. The van der Waals surface area contributed by atoms with Gasteiger partial charge in [-0.2, -0.15) is 0 Å². The van der Waals surface area contributed by atoms with Crippen LogP contribution in [0.5, 0.6) is 0 Å². The van der Waals surface area contributed by atoms with Crippen LogP contribution < -0.4 is 11.2 Å². The monoisotopic (exact) mass is 324 g/mol. The first-order chi connectivity index (χ1) is 7.87. The molecule has 0 aliphatic carbocycles. The molecule has 0 aromatic carbocycles. The summed E-state index contributed by atoms with van der Waals surface area (Å²) in [5.41, 5.74) is -0.991. The average Bonchev–Trinajstić information content (AvgIpc) is 2.28. The summed E-state index contributed by atoms with van der Waals surface area (Å²) in [7, 11) is -3.06. The van der Waals surface area contributed by atoms with Gasteiger partial charge in [0.05, 0.1) is 10.2 Å². The number of aromatic nitrogens is 2. The molecule has 0 saturated carbocycles. The van der Waals surface area contributed by atoms with E-state index in [2.05, 4.69) is 20.9 Å². The van der Waals surface area contributed by atoms with E-state index in [4.69, 9.17) is 0 Å². The Balaban J connectivity index is 2.81. The maximum absolute atomic E-state index is 11.6. The van der Waals surface area contributed by atoms with Gasteiger partial charge in [0.2, 0.25) is 0 Å². The van der Waals surface area contributed by atoms with Crippen LogP contribution in [0, 0.1) is 0 Å². The topological polar surface area (TPSA) is 89.0 Å². The molecule has 1 N–H and O–H groups in total. The number of halogens is 1. The molecule has 0 bridgehead atoms. The number of hydrogen-bond donors (Lipinski definition) is 1. The third-order valence-corrected chi connectivity index (χ3v) is 4.65. The van der Waals surface area contributed by atoms with Crippen molar-refractivity contribution in [2.75, 3.05) is 11.5 Å². The van der Waals surface area contributed by atoms with Crippen molar-refractivity contribution < 1.29 is 8.42 Å². The fourth-order valence-electron chi connectivity index (χ4n) is 1.28. The van der Waals surface area contributed by atoms with Gasteiger partial charge in [0.15, 0.2) is 0 Å². The number of sulfone groups is 1. The zero-order valence-electron chi connectivity index (χ0n) is 9.27. The molecular formula is C9H13BrN2O4S. The van der Waals surface area contributed by atoms with Gasteiger partial charge in [0, 0.05) is 18.5 Å². The maximum atomic E-state index is 11.6. The Morgan fingerprint density at radius 2 is 2.06 bits per heavy atom. The first-order valence-electron chi connectivity index (χ1n) is 5.06. The number of nitrogens with zero attached hydrogens (tertiary/aromatic N) is 1. The van der Waals surface area contributed by atoms with Gasteiger partial charge in [-0.3, -0.25) is 9.36 Å². The summed E-state index contributed by atoms with van der Waals surface area (Å²) >= 11 is 3.00. The second kappa shape index (κ2) is 5.63. The van der Waals surface area contributed by atoms with Crippen LogP contribution in [0.4, 0.5) is 0 Å². The number of nitrogens with one attached hydrogen (secondary N) is 1. The van der Waals surface area contributed by atoms with E-state index in [1.54, 1.807) is 6.92 Å². The van der Waals surface area contributed by atoms with Crippen molar-refractivity contribution in [3.05, 3.63) is 31.5 Å². The molecule has 0 aliphatic heterocycles. The SMILES string of the molecule is CCS(=O)(=O)CCCn1c(=O)[nH]cc(Br)c1=O. The Morgan fingerprint density at radius 3 is 2.65 bits per heavy atom. The van der Waals surface area contributed by atoms with Gasteiger partial charge in [-0.05, 0) is 22.4 Å². The van der Waals surface area contributed by atoms with E-state index >= 15 is 0 Å². The Kier molecular flexibility index (Phi) is 4.70. The fraction of sp³-hybridized carbons (Fsp3) is 0.556. The molecule has 8 heteroatoms. The molecule has 0 unspecified atom stereocenters. The lowest BCUT2D eigenvalue weighted by Crippen LogP contribution is -2.35. The summed E-state index contributed by atoms with van der Waals surface area (Å²) < 4.78 is 23.7. The van der Waals surface area contributed by atoms with Crippen LogP contribution >= 0.6 is 15.9 Å². The van der Waals surface area contributed by atoms with Crippen LogP contribution in [0.15, 0.2) is 20.3 Å². The van der Waals surface area contributed by atoms with E-state index in [0.29, 0.717) is 0 Å². The summed E-state index contributed by atoms with van der Waals surface area (Å²) in [6.07, 6.45) is 1.51. The highest BCUT2D eigenvalue weighted by Crippen LogP contribution is 1.98. The molecule has 0 aliphatic rings. The van der Waals surface area contributed by atoms with E-state index in [9.17, 15) is 18.0 Å². The Labute approximate surface area is 107 Å². The Hall–Kier alpha value is -0.890. The molecule has 17 heavy (non-hydrogen) atoms. The third-order valence-electron chi connectivity index (χ3n) is 2.29. The van der Waals surface area contributed by atoms with Crippen LogP contribution in [0.3, 0.4) is 0 Å². The summed E-state index contributed by atoms with van der Waals surface area (Å²) in [4.78, 5) is 25.3. The van der Waals surface area contributed by atoms with Crippen molar-refractivity contribution in [2.45, 2.75) is 19.9 Å². The molecule has 1 rings (SSSR count). The number of rotatable bonds is 5. The molecule has 1 aromatic rings. The van der Waals surface area contributed by atoms with Crippen LogP contribution in [-0.2, 0) is 16.4 Å². The summed E-state index contributed by atoms with van der Waals surface area (Å²) in [5.74, 6) is 0.0403. The number of hydrogen-bond acceptors (Lipinski definition) is 4. The van der Waals surface area contributed by atoms with Gasteiger partial charge in [0.1, 0.15) is 9.84 Å². The van der Waals surface area contributed by atoms with E-state index in [-0.39, 0.29) is 28.9 Å². The van der Waals surface area contributed by atoms with E-state index in [0.717, 1.165) is 4.57 Å². The van der Waals surface area contributed by atoms with Gasteiger partial charge in [-0.15, -0.1) is 0 Å². The second-order valence-corrected chi connectivity index (χ2v) is 6.82. The van der Waals surface area contributed by atoms with Gasteiger partial charge >= 0.3 is 5.69 Å². The number of aromatic amines is 1. The van der Waals surface area contributed by atoms with Gasteiger partial charge in [0.25, 0.3) is 5.56 Å². The third kappa shape index (κ3) is 3.81. The van der Waals surface area contributed by atoms with E-state index < -0.39 is 21.1 Å². The van der Waals surface area contributed by atoms with Crippen molar-refractivity contribution in [3.63, 3.8) is 0 Å². The zero-order chi connectivity index (χ0) is 13.1. The molecule has 96 valence electrons. The summed E-state index contributed by atoms with van der Waals surface area (Å²) in [5, 5.41) is 0. The quantitative estimate of drug-likeness (QED) is 0.833. The first kappa shape index (κ1) is 14.2. The second-order valence-electron chi connectivity index (χ2n) is 3.49. The molecule has 0 saturated heterocycles. The van der Waals surface area contributed by atoms with Crippen molar-refractivity contribution in [1.29, 1.82) is 0 Å². The van der Waals surface area contributed by atoms with Crippen molar-refractivity contribution >= 4 is 25.8 Å². The Bertz CT molecular complexity index is 602. The molecule has 1 heterocycles. The van der Waals surface area contributed by atoms with Crippen molar-refractivity contribution in [3.8, 4) is 0 Å². The molecule has 0 fully saturated rings. The first-order valence-corrected chi connectivity index (χ1v) is 7.67. The predicted molar refractivity (Wildman–Crippen MR) is 68.0 cm³/mol. The zero-order valence-corrected chi connectivity index (χ0v) is 11.7. The lowest BCUT2D eigenvalue weighted by molar-refractivity contribution is 0.577. The van der Waals surface area contributed by atoms with E-state index in [1.807, 2.05) is 0 Å². The van der Waals surface area contributed by atoms with Crippen LogP contribution in [0.25, 0.3) is 0 Å². The fourth-order valence-corrected chi connectivity index (χ4v) is 2.46. The van der Waals surface area contributed by atoms with Crippen LogP contribution in [0.1, 0.15) is 13.3 Å². The minimum Gasteiger partial charge on any atom is -0.313 e. The summed E-state index contributed by atoms with van der Waals surface area (Å²) in [6.45, 7) is 1.65. The normalized spacial score (nSPS) is 11.6. The van der Waals surface area contributed by atoms with Crippen LogP contribution in [0.2, 0.25) is 0 Å². The summed E-state index contributed by atoms with van der Waals surface area (Å²) in [6, 6.07) is 0. The molecule has 0 spiro atoms. The van der Waals surface area contributed by atoms with Crippen molar-refractivity contribution in [1.82, 2.24) is 9.55 Å². The molecule has 0 atom stereocenters. The number of H-pyrrole nitrogens is 1. The molecule has 0 amide bonds. The lowest BCUT2D eigenvalue weighted by Gasteiger charge is -2.04. The minimum atomic E-state index is -3.06. The molecule has 1 aromatic heterocycles. The van der Waals surface area contributed by atoms with Crippen molar-refractivity contribution in [2.24, 2.45) is 0 Å². The van der Waals surface area contributed by atoms with Gasteiger partial charge < -0.3 is 4.98 Å². The average molecular weight is 325 g/mol. The largest absolute Gasteiger partial charge is 0.328 e. The van der Waals surface area contributed by atoms with Gasteiger partial charge in [-0.25, -0.2) is 13.2 Å². The smallest absolute Gasteiger partial charge is 0.313 e.